The molecular formula is C25H23F3N6O5. The molecule has 1 fully saturated rings. The summed E-state index contributed by atoms with van der Waals surface area (Å²) >= 11 is 0. The van der Waals surface area contributed by atoms with Crippen molar-refractivity contribution >= 4 is 23.3 Å². The van der Waals surface area contributed by atoms with E-state index in [4.69, 9.17) is 9.26 Å². The van der Waals surface area contributed by atoms with Gasteiger partial charge in [0.15, 0.2) is 0 Å². The first-order chi connectivity index (χ1) is 18.6. The standard InChI is InChI=1S/C25H23F3N6O5/c1-14-3-4-16(21-31-23(39-32-21)17-10-33(11-17)24(36)37-2)8-18(14)30-22(35)19-9-29-20-7-15(5-6-34(19)20)12-38-13-25(26,27)28/h3-9,17H,10-13H2,1-2H3,(H,30,35). The highest BCUT2D eigenvalue weighted by Gasteiger charge is 2.36. The lowest BCUT2D eigenvalue weighted by molar-refractivity contribution is -0.176. The number of carbonyl (C=O) groups is 2. The van der Waals surface area contributed by atoms with Crippen molar-refractivity contribution in [2.75, 3.05) is 32.1 Å². The number of amides is 2. The van der Waals surface area contributed by atoms with Crippen LogP contribution >= 0.6 is 0 Å². The monoisotopic (exact) mass is 544 g/mol. The van der Waals surface area contributed by atoms with Crippen LogP contribution in [0, 0.1) is 6.92 Å². The number of nitrogens with zero attached hydrogens (tertiary/aromatic N) is 5. The summed E-state index contributed by atoms with van der Waals surface area (Å²) in [6.45, 7) is 1.09. The molecule has 3 aromatic heterocycles. The van der Waals surface area contributed by atoms with Gasteiger partial charge in [0, 0.05) is 30.5 Å². The summed E-state index contributed by atoms with van der Waals surface area (Å²) in [6.07, 6.45) is -1.89. The summed E-state index contributed by atoms with van der Waals surface area (Å²) in [7, 11) is 1.32. The molecule has 1 aliphatic rings. The number of rotatable bonds is 7. The van der Waals surface area contributed by atoms with Gasteiger partial charge in [-0.2, -0.15) is 18.2 Å². The highest BCUT2D eigenvalue weighted by molar-refractivity contribution is 6.04. The van der Waals surface area contributed by atoms with Gasteiger partial charge in [0.05, 0.1) is 25.8 Å². The first-order valence-corrected chi connectivity index (χ1v) is 11.8. The maximum absolute atomic E-state index is 13.1. The maximum atomic E-state index is 13.1. The van der Waals surface area contributed by atoms with Crippen LogP contribution in [0.4, 0.5) is 23.7 Å². The summed E-state index contributed by atoms with van der Waals surface area (Å²) in [4.78, 5) is 34.8. The summed E-state index contributed by atoms with van der Waals surface area (Å²) in [5.74, 6) is 0.231. The van der Waals surface area contributed by atoms with Gasteiger partial charge in [0.25, 0.3) is 5.91 Å². The molecule has 0 aliphatic carbocycles. The largest absolute Gasteiger partial charge is 0.453 e. The smallest absolute Gasteiger partial charge is 0.411 e. The fourth-order valence-electron chi connectivity index (χ4n) is 4.08. The number of nitrogens with one attached hydrogen (secondary N) is 1. The number of alkyl halides is 3. The van der Waals surface area contributed by atoms with Crippen molar-refractivity contribution in [2.45, 2.75) is 25.6 Å². The van der Waals surface area contributed by atoms with E-state index in [-0.39, 0.29) is 18.2 Å². The van der Waals surface area contributed by atoms with Crippen LogP contribution in [-0.4, -0.2) is 69.4 Å². The Hall–Kier alpha value is -4.46. The number of ether oxygens (including phenoxy) is 2. The molecule has 11 nitrogen and oxygen atoms in total. The molecule has 0 saturated carbocycles. The summed E-state index contributed by atoms with van der Waals surface area (Å²) in [6, 6.07) is 8.46. The van der Waals surface area contributed by atoms with Crippen LogP contribution in [0.2, 0.25) is 0 Å². The van der Waals surface area contributed by atoms with Crippen molar-refractivity contribution in [3.8, 4) is 11.4 Å². The van der Waals surface area contributed by atoms with Crippen LogP contribution in [0.5, 0.6) is 0 Å². The van der Waals surface area contributed by atoms with Crippen molar-refractivity contribution in [2.24, 2.45) is 0 Å². The van der Waals surface area contributed by atoms with Gasteiger partial charge >= 0.3 is 12.3 Å². The number of aromatic nitrogens is 4. The van der Waals surface area contributed by atoms with E-state index in [2.05, 4.69) is 25.2 Å². The van der Waals surface area contributed by atoms with Gasteiger partial charge < -0.3 is 24.2 Å². The van der Waals surface area contributed by atoms with Gasteiger partial charge in [0.1, 0.15) is 17.9 Å². The van der Waals surface area contributed by atoms with Crippen molar-refractivity contribution in [1.29, 1.82) is 0 Å². The number of aryl methyl sites for hydroxylation is 1. The minimum atomic E-state index is -4.41. The van der Waals surface area contributed by atoms with E-state index in [1.807, 2.05) is 13.0 Å². The van der Waals surface area contributed by atoms with E-state index in [1.165, 1.54) is 22.6 Å². The molecule has 0 radical (unpaired) electrons. The molecule has 1 saturated heterocycles. The predicted molar refractivity (Wildman–Crippen MR) is 130 cm³/mol. The zero-order valence-corrected chi connectivity index (χ0v) is 20.9. The predicted octanol–water partition coefficient (Wildman–Crippen LogP) is 4.19. The minimum absolute atomic E-state index is 0.0816. The Morgan fingerprint density at radius 2 is 2.00 bits per heavy atom. The molecule has 5 rings (SSSR count). The molecular weight excluding hydrogens is 521 g/mol. The number of benzene rings is 1. The number of halogens is 3. The normalized spacial score (nSPS) is 13.9. The molecule has 204 valence electrons. The van der Waals surface area contributed by atoms with Crippen LogP contribution in [-0.2, 0) is 16.1 Å². The second-order valence-electron chi connectivity index (χ2n) is 9.03. The topological polar surface area (TPSA) is 124 Å². The third-order valence-electron chi connectivity index (χ3n) is 6.19. The quantitative estimate of drug-likeness (QED) is 0.367. The van der Waals surface area contributed by atoms with Gasteiger partial charge in [-0.25, -0.2) is 9.78 Å². The van der Waals surface area contributed by atoms with Crippen molar-refractivity contribution < 1.29 is 36.8 Å². The third-order valence-corrected chi connectivity index (χ3v) is 6.19. The van der Waals surface area contributed by atoms with Crippen molar-refractivity contribution in [1.82, 2.24) is 24.4 Å². The highest BCUT2D eigenvalue weighted by Crippen LogP contribution is 2.29. The van der Waals surface area contributed by atoms with Gasteiger partial charge in [0.2, 0.25) is 11.7 Å². The van der Waals surface area contributed by atoms with Crippen molar-refractivity contribution in [3.63, 3.8) is 0 Å². The lowest BCUT2D eigenvalue weighted by atomic mass is 10.0. The molecule has 0 atom stereocenters. The summed E-state index contributed by atoms with van der Waals surface area (Å²) in [5, 5.41) is 6.91. The Kier molecular flexibility index (Phi) is 6.95. The van der Waals surface area contributed by atoms with Gasteiger partial charge in [-0.1, -0.05) is 17.3 Å². The molecule has 1 aliphatic heterocycles. The second kappa shape index (κ2) is 10.4. The summed E-state index contributed by atoms with van der Waals surface area (Å²) < 4.78 is 53.3. The van der Waals surface area contributed by atoms with Crippen LogP contribution < -0.4 is 5.32 Å². The highest BCUT2D eigenvalue weighted by atomic mass is 19.4. The Bertz CT molecular complexity index is 1530. The number of methoxy groups -OCH3 is 1. The average molecular weight is 544 g/mol. The molecule has 39 heavy (non-hydrogen) atoms. The molecule has 14 heteroatoms. The van der Waals surface area contributed by atoms with Gasteiger partial charge in [-0.05, 0) is 36.2 Å². The minimum Gasteiger partial charge on any atom is -0.453 e. The third kappa shape index (κ3) is 5.70. The van der Waals surface area contributed by atoms with E-state index in [0.29, 0.717) is 47.3 Å². The van der Waals surface area contributed by atoms with E-state index < -0.39 is 24.8 Å². The number of hydrogen-bond acceptors (Lipinski definition) is 8. The van der Waals surface area contributed by atoms with E-state index in [1.54, 1.807) is 30.5 Å². The SMILES string of the molecule is COC(=O)N1CC(c2nc(-c3ccc(C)c(NC(=O)c4cnc5cc(COCC(F)(F)F)ccn45)c3)no2)C1. The molecule has 2 amide bonds. The first kappa shape index (κ1) is 26.2. The fourth-order valence-corrected chi connectivity index (χ4v) is 4.08. The Labute approximate surface area is 219 Å². The number of hydrogen-bond donors (Lipinski definition) is 1. The Morgan fingerprint density at radius 3 is 2.74 bits per heavy atom. The number of likely N-dealkylation sites (tertiary alicyclic amines) is 1. The lowest BCUT2D eigenvalue weighted by Gasteiger charge is -2.35. The number of pyridine rings is 1. The molecule has 1 N–H and O–H groups in total. The Morgan fingerprint density at radius 1 is 1.21 bits per heavy atom. The first-order valence-electron chi connectivity index (χ1n) is 11.8. The molecule has 0 unspecified atom stereocenters. The average Bonchev–Trinajstić information content (AvgIpc) is 3.51. The van der Waals surface area contributed by atoms with E-state index >= 15 is 0 Å². The van der Waals surface area contributed by atoms with E-state index in [0.717, 1.165) is 5.56 Å². The van der Waals surface area contributed by atoms with Crippen molar-refractivity contribution in [3.05, 3.63) is 65.4 Å². The lowest BCUT2D eigenvalue weighted by Crippen LogP contribution is -2.48. The number of imidazole rings is 1. The Balaban J connectivity index is 1.27. The van der Waals surface area contributed by atoms with Crippen LogP contribution in [0.25, 0.3) is 17.0 Å². The molecule has 4 heterocycles. The summed E-state index contributed by atoms with van der Waals surface area (Å²) in [5.41, 5.74) is 3.06. The molecule has 0 spiro atoms. The van der Waals surface area contributed by atoms with Crippen LogP contribution in [0.1, 0.15) is 33.4 Å². The zero-order chi connectivity index (χ0) is 27.7. The zero-order valence-electron chi connectivity index (χ0n) is 20.9. The van der Waals surface area contributed by atoms with Gasteiger partial charge in [-0.15, -0.1) is 0 Å². The number of anilines is 1. The maximum Gasteiger partial charge on any atom is 0.411 e. The molecule has 0 bridgehead atoms. The van der Waals surface area contributed by atoms with Gasteiger partial charge in [-0.3, -0.25) is 9.20 Å². The van der Waals surface area contributed by atoms with Crippen LogP contribution in [0.15, 0.2) is 47.2 Å². The second-order valence-corrected chi connectivity index (χ2v) is 9.03. The fraction of sp³-hybridized carbons (Fsp3) is 0.320. The van der Waals surface area contributed by atoms with Crippen LogP contribution in [0.3, 0.4) is 0 Å². The number of fused-ring (bicyclic) bond motifs is 1. The number of carbonyl (C=O) groups excluding carboxylic acids is 2. The molecule has 4 aromatic rings. The molecule has 1 aromatic carbocycles. The van der Waals surface area contributed by atoms with E-state index in [9.17, 15) is 22.8 Å².